The van der Waals surface area contributed by atoms with Crippen LogP contribution in [0.4, 0.5) is 15.9 Å². The molecule has 1 spiro atoms. The van der Waals surface area contributed by atoms with E-state index in [4.69, 9.17) is 14.7 Å². The molecule has 2 saturated heterocycles. The van der Waals surface area contributed by atoms with Crippen LogP contribution in [0.25, 0.3) is 11.1 Å². The van der Waals surface area contributed by atoms with Gasteiger partial charge in [0, 0.05) is 62.4 Å². The maximum Gasteiger partial charge on any atom is 0.324 e. The molecule has 2 N–H and O–H groups in total. The summed E-state index contributed by atoms with van der Waals surface area (Å²) in [5.41, 5.74) is 5.93. The van der Waals surface area contributed by atoms with E-state index in [0.717, 1.165) is 61.8 Å². The smallest absolute Gasteiger partial charge is 0.324 e. The van der Waals surface area contributed by atoms with Crippen LogP contribution < -0.4 is 20.3 Å². The fourth-order valence-electron chi connectivity index (χ4n) is 5.08. The summed E-state index contributed by atoms with van der Waals surface area (Å²) in [4.78, 5) is 12.0. The topological polar surface area (TPSA) is 62.3 Å². The van der Waals surface area contributed by atoms with Crippen molar-refractivity contribution >= 4 is 11.5 Å². The lowest BCUT2D eigenvalue weighted by Gasteiger charge is -2.39. The van der Waals surface area contributed by atoms with Crippen molar-refractivity contribution < 1.29 is 9.13 Å². The van der Waals surface area contributed by atoms with Crippen molar-refractivity contribution in [1.82, 2.24) is 15.3 Å². The molecule has 1 aliphatic carbocycles. The summed E-state index contributed by atoms with van der Waals surface area (Å²) in [6.07, 6.45) is 1.87. The lowest BCUT2D eigenvalue weighted by atomic mass is 9.81. The highest BCUT2D eigenvalue weighted by molar-refractivity contribution is 5.88. The number of benzene rings is 2. The average molecular weight is 417 g/mol. The average Bonchev–Trinajstić information content (AvgIpc) is 3.35. The highest BCUT2D eigenvalue weighted by Gasteiger charge is 2.44. The van der Waals surface area contributed by atoms with Crippen LogP contribution >= 0.6 is 0 Å². The maximum absolute atomic E-state index is 13.7. The molecule has 0 atom stereocenters. The van der Waals surface area contributed by atoms with E-state index < -0.39 is 0 Å². The largest absolute Gasteiger partial charge is 0.424 e. The summed E-state index contributed by atoms with van der Waals surface area (Å²) >= 11 is 0. The number of hydrogen-bond acceptors (Lipinski definition) is 6. The first-order valence-corrected chi connectivity index (χ1v) is 10.7. The third-order valence-electron chi connectivity index (χ3n) is 6.75. The van der Waals surface area contributed by atoms with Gasteiger partial charge in [-0.1, -0.05) is 18.2 Å². The molecule has 6 rings (SSSR count). The molecule has 1 aromatic heterocycles. The second kappa shape index (κ2) is 6.92. The minimum Gasteiger partial charge on any atom is -0.424 e. The molecule has 2 aromatic carbocycles. The van der Waals surface area contributed by atoms with Crippen molar-refractivity contribution in [2.75, 3.05) is 43.4 Å². The molecule has 0 bridgehead atoms. The molecular weight excluding hydrogens is 393 g/mol. The third-order valence-corrected chi connectivity index (χ3v) is 6.75. The van der Waals surface area contributed by atoms with Crippen molar-refractivity contribution in [3.05, 3.63) is 59.5 Å². The van der Waals surface area contributed by atoms with Crippen LogP contribution in [0.2, 0.25) is 0 Å². The summed E-state index contributed by atoms with van der Waals surface area (Å²) in [6.45, 7) is 4.06. The van der Waals surface area contributed by atoms with Gasteiger partial charge in [0.1, 0.15) is 17.4 Å². The number of nitrogens with zero attached hydrogens (tertiary/aromatic N) is 3. The summed E-state index contributed by atoms with van der Waals surface area (Å²) in [6, 6.07) is 12.7. The van der Waals surface area contributed by atoms with Gasteiger partial charge in [0.15, 0.2) is 0 Å². The molecular formula is C24H24FN5O. The highest BCUT2D eigenvalue weighted by Crippen LogP contribution is 2.47. The molecule has 0 unspecified atom stereocenters. The molecule has 0 amide bonds. The Labute approximate surface area is 180 Å². The lowest BCUT2D eigenvalue weighted by Crippen LogP contribution is -2.54. The first-order chi connectivity index (χ1) is 15.1. The summed E-state index contributed by atoms with van der Waals surface area (Å²) < 4.78 is 19.6. The van der Waals surface area contributed by atoms with Gasteiger partial charge in [0.05, 0.1) is 5.69 Å². The Bertz CT molecular complexity index is 1180. The Hall–Kier alpha value is -3.19. The zero-order valence-corrected chi connectivity index (χ0v) is 17.4. The van der Waals surface area contributed by atoms with E-state index in [9.17, 15) is 4.39 Å². The van der Waals surface area contributed by atoms with E-state index in [1.807, 2.05) is 7.05 Å². The van der Waals surface area contributed by atoms with Crippen molar-refractivity contribution in [3.63, 3.8) is 0 Å². The normalized spacial score (nSPS) is 17.9. The fourth-order valence-corrected chi connectivity index (χ4v) is 5.08. The predicted molar refractivity (Wildman–Crippen MR) is 118 cm³/mol. The first kappa shape index (κ1) is 18.6. The van der Waals surface area contributed by atoms with Crippen LogP contribution in [-0.4, -0.2) is 43.2 Å². The van der Waals surface area contributed by atoms with Gasteiger partial charge >= 0.3 is 6.01 Å². The number of ether oxygens (including phenoxy) is 1. The Morgan fingerprint density at radius 1 is 1.16 bits per heavy atom. The zero-order valence-electron chi connectivity index (χ0n) is 17.4. The predicted octanol–water partition coefficient (Wildman–Crippen LogP) is 3.82. The van der Waals surface area contributed by atoms with E-state index in [0.29, 0.717) is 11.2 Å². The summed E-state index contributed by atoms with van der Waals surface area (Å²) in [7, 11) is 1.94. The Morgan fingerprint density at radius 2 is 2.03 bits per heavy atom. The van der Waals surface area contributed by atoms with E-state index >= 15 is 0 Å². The van der Waals surface area contributed by atoms with Crippen LogP contribution in [0, 0.1) is 11.2 Å². The van der Waals surface area contributed by atoms with Gasteiger partial charge in [-0.2, -0.15) is 9.97 Å². The van der Waals surface area contributed by atoms with Crippen LogP contribution in [-0.2, 0) is 6.42 Å². The number of hydrogen-bond donors (Lipinski definition) is 2. The lowest BCUT2D eigenvalue weighted by molar-refractivity contribution is 0.199. The Morgan fingerprint density at radius 3 is 2.77 bits per heavy atom. The molecule has 31 heavy (non-hydrogen) atoms. The highest BCUT2D eigenvalue weighted by atomic mass is 19.1. The number of aromatic nitrogens is 2. The van der Waals surface area contributed by atoms with Gasteiger partial charge in [-0.15, -0.1) is 0 Å². The van der Waals surface area contributed by atoms with Crippen molar-refractivity contribution in [1.29, 1.82) is 0 Å². The molecule has 6 nitrogen and oxygen atoms in total. The fraction of sp³-hybridized carbons (Fsp3) is 0.333. The second-order valence-corrected chi connectivity index (χ2v) is 8.74. The monoisotopic (exact) mass is 417 g/mol. The standard InChI is InChI=1S/C24H24FN5O/c1-26-19-7-3-6-17-18(19)11-20-21(17)22(30-9-8-24(14-30)12-27-13-24)29-23(28-20)31-16-5-2-4-15(25)10-16/h2-7,10,26-27H,8-9,11-14H2,1H3. The van der Waals surface area contributed by atoms with Crippen molar-refractivity contribution in [2.24, 2.45) is 5.41 Å². The molecule has 0 saturated carbocycles. The van der Waals surface area contributed by atoms with Gasteiger partial charge in [-0.3, -0.25) is 0 Å². The summed E-state index contributed by atoms with van der Waals surface area (Å²) in [5.74, 6) is 0.981. The van der Waals surface area contributed by atoms with Gasteiger partial charge in [0.2, 0.25) is 0 Å². The van der Waals surface area contributed by atoms with Gasteiger partial charge < -0.3 is 20.3 Å². The molecule has 158 valence electrons. The first-order valence-electron chi connectivity index (χ1n) is 10.7. The Kier molecular flexibility index (Phi) is 4.14. The van der Waals surface area contributed by atoms with Crippen LogP contribution in [0.5, 0.6) is 11.8 Å². The maximum atomic E-state index is 13.7. The second-order valence-electron chi connectivity index (χ2n) is 8.74. The molecule has 3 aliphatic rings. The van der Waals surface area contributed by atoms with Gasteiger partial charge in [-0.05, 0) is 35.7 Å². The van der Waals surface area contributed by atoms with Crippen LogP contribution in [0.1, 0.15) is 17.7 Å². The van der Waals surface area contributed by atoms with E-state index in [-0.39, 0.29) is 11.8 Å². The third kappa shape index (κ3) is 3.03. The van der Waals surface area contributed by atoms with Crippen molar-refractivity contribution in [3.8, 4) is 22.9 Å². The number of halogens is 1. The number of rotatable bonds is 4. The van der Waals surface area contributed by atoms with Crippen LogP contribution in [0.15, 0.2) is 42.5 Å². The van der Waals surface area contributed by atoms with E-state index in [1.54, 1.807) is 12.1 Å². The number of fused-ring (bicyclic) bond motifs is 3. The van der Waals surface area contributed by atoms with Gasteiger partial charge in [-0.25, -0.2) is 4.39 Å². The zero-order chi connectivity index (χ0) is 21.0. The number of anilines is 2. The van der Waals surface area contributed by atoms with Gasteiger partial charge in [0.25, 0.3) is 0 Å². The van der Waals surface area contributed by atoms with E-state index in [2.05, 4.69) is 33.7 Å². The summed E-state index contributed by atoms with van der Waals surface area (Å²) in [5, 5.41) is 6.72. The Balaban J connectivity index is 1.45. The SMILES string of the molecule is CNc1cccc2c1Cc1nc(Oc3cccc(F)c3)nc(N3CCC4(CNC4)C3)c1-2. The quantitative estimate of drug-likeness (QED) is 0.526. The number of nitrogens with one attached hydrogen (secondary N) is 2. The minimum absolute atomic E-state index is 0.269. The van der Waals surface area contributed by atoms with E-state index in [1.165, 1.54) is 23.3 Å². The molecule has 7 heteroatoms. The molecule has 0 radical (unpaired) electrons. The van der Waals surface area contributed by atoms with Crippen LogP contribution in [0.3, 0.4) is 0 Å². The molecule has 2 aliphatic heterocycles. The minimum atomic E-state index is -0.344. The molecule has 3 heterocycles. The molecule has 3 aromatic rings. The van der Waals surface area contributed by atoms with Crippen molar-refractivity contribution in [2.45, 2.75) is 12.8 Å². The molecule has 2 fully saturated rings.